The highest BCUT2D eigenvalue weighted by Crippen LogP contribution is 2.33. The summed E-state index contributed by atoms with van der Waals surface area (Å²) in [6.07, 6.45) is 1.05. The summed E-state index contributed by atoms with van der Waals surface area (Å²) in [5.74, 6) is 0.920. The van der Waals surface area contributed by atoms with Crippen LogP contribution >= 0.6 is 0 Å². The summed E-state index contributed by atoms with van der Waals surface area (Å²) in [4.78, 5) is 2.40. The van der Waals surface area contributed by atoms with E-state index in [1.807, 2.05) is 17.7 Å². The second-order valence-electron chi connectivity index (χ2n) is 5.76. The summed E-state index contributed by atoms with van der Waals surface area (Å²) in [5, 5.41) is 13.7. The standard InChI is InChI=1S/C17H23N3O2/c1-12-16(13(2)20(18-12)8-9-21)11-19-7-6-14-10-15(22-3)4-5-17(14)19/h4-5,10,21H,6-9,11H2,1-3H3. The van der Waals surface area contributed by atoms with Gasteiger partial charge in [-0.2, -0.15) is 5.10 Å². The fourth-order valence-electron chi connectivity index (χ4n) is 3.20. The van der Waals surface area contributed by atoms with Gasteiger partial charge in [-0.25, -0.2) is 0 Å². The number of hydrogen-bond acceptors (Lipinski definition) is 4. The summed E-state index contributed by atoms with van der Waals surface area (Å²) in [5.41, 5.74) is 6.09. The number of aliphatic hydroxyl groups excluding tert-OH is 1. The largest absolute Gasteiger partial charge is 0.497 e. The summed E-state index contributed by atoms with van der Waals surface area (Å²) in [7, 11) is 1.71. The number of methoxy groups -OCH3 is 1. The van der Waals surface area contributed by atoms with Crippen LogP contribution < -0.4 is 9.64 Å². The van der Waals surface area contributed by atoms with Gasteiger partial charge in [-0.1, -0.05) is 0 Å². The van der Waals surface area contributed by atoms with Gasteiger partial charge in [0.05, 0.1) is 26.0 Å². The van der Waals surface area contributed by atoms with Crippen molar-refractivity contribution in [1.29, 1.82) is 0 Å². The van der Waals surface area contributed by atoms with Crippen molar-refractivity contribution in [1.82, 2.24) is 9.78 Å². The van der Waals surface area contributed by atoms with E-state index in [4.69, 9.17) is 9.84 Å². The smallest absolute Gasteiger partial charge is 0.119 e. The van der Waals surface area contributed by atoms with Crippen molar-refractivity contribution in [3.63, 3.8) is 0 Å². The Labute approximate surface area is 131 Å². The number of hydrogen-bond donors (Lipinski definition) is 1. The average molecular weight is 301 g/mol. The molecule has 1 aromatic heterocycles. The highest BCUT2D eigenvalue weighted by atomic mass is 16.5. The molecule has 0 aliphatic carbocycles. The Kier molecular flexibility index (Phi) is 4.07. The van der Waals surface area contributed by atoms with Crippen molar-refractivity contribution in [3.8, 4) is 5.75 Å². The molecule has 0 saturated carbocycles. The lowest BCUT2D eigenvalue weighted by atomic mass is 10.1. The van der Waals surface area contributed by atoms with Gasteiger partial charge in [0.2, 0.25) is 0 Å². The molecular weight excluding hydrogens is 278 g/mol. The Morgan fingerprint density at radius 2 is 2.14 bits per heavy atom. The quantitative estimate of drug-likeness (QED) is 0.918. The molecule has 22 heavy (non-hydrogen) atoms. The minimum atomic E-state index is 0.119. The number of fused-ring (bicyclic) bond motifs is 1. The van der Waals surface area contributed by atoms with Crippen LogP contribution in [0.2, 0.25) is 0 Å². The summed E-state index contributed by atoms with van der Waals surface area (Å²) >= 11 is 0. The van der Waals surface area contributed by atoms with E-state index < -0.39 is 0 Å². The Morgan fingerprint density at radius 3 is 2.86 bits per heavy atom. The van der Waals surface area contributed by atoms with E-state index in [0.29, 0.717) is 6.54 Å². The van der Waals surface area contributed by atoms with E-state index in [-0.39, 0.29) is 6.61 Å². The van der Waals surface area contributed by atoms with Crippen LogP contribution in [0.4, 0.5) is 5.69 Å². The first-order valence-corrected chi connectivity index (χ1v) is 7.69. The fourth-order valence-corrected chi connectivity index (χ4v) is 3.20. The van der Waals surface area contributed by atoms with Crippen LogP contribution in [0.15, 0.2) is 18.2 Å². The molecular formula is C17H23N3O2. The molecule has 5 heteroatoms. The number of anilines is 1. The molecule has 0 radical (unpaired) electrons. The van der Waals surface area contributed by atoms with E-state index in [0.717, 1.165) is 36.6 Å². The van der Waals surface area contributed by atoms with Crippen molar-refractivity contribution in [2.75, 3.05) is 25.2 Å². The lowest BCUT2D eigenvalue weighted by Crippen LogP contribution is -2.20. The predicted octanol–water partition coefficient (Wildman–Crippen LogP) is 2.06. The number of benzene rings is 1. The fraction of sp³-hybridized carbons (Fsp3) is 0.471. The normalized spacial score (nSPS) is 13.5. The maximum Gasteiger partial charge on any atom is 0.119 e. The number of aromatic nitrogens is 2. The monoisotopic (exact) mass is 301 g/mol. The van der Waals surface area contributed by atoms with E-state index in [1.165, 1.54) is 16.8 Å². The van der Waals surface area contributed by atoms with Gasteiger partial charge in [0.1, 0.15) is 5.75 Å². The lowest BCUT2D eigenvalue weighted by Gasteiger charge is -2.20. The van der Waals surface area contributed by atoms with Crippen LogP contribution in [0.25, 0.3) is 0 Å². The number of rotatable bonds is 5. The molecule has 1 aliphatic rings. The minimum Gasteiger partial charge on any atom is -0.497 e. The molecule has 5 nitrogen and oxygen atoms in total. The van der Waals surface area contributed by atoms with E-state index in [9.17, 15) is 0 Å². The zero-order valence-corrected chi connectivity index (χ0v) is 13.5. The third-order valence-corrected chi connectivity index (χ3v) is 4.47. The van der Waals surface area contributed by atoms with Gasteiger partial charge >= 0.3 is 0 Å². The van der Waals surface area contributed by atoms with Crippen LogP contribution in [0, 0.1) is 13.8 Å². The maximum atomic E-state index is 9.12. The summed E-state index contributed by atoms with van der Waals surface area (Å²) in [6, 6.07) is 6.29. The SMILES string of the molecule is COc1ccc2c(c1)CCN2Cc1c(C)nn(CCO)c1C. The predicted molar refractivity (Wildman–Crippen MR) is 86.5 cm³/mol. The zero-order valence-electron chi connectivity index (χ0n) is 13.5. The van der Waals surface area contributed by atoms with E-state index in [2.05, 4.69) is 29.1 Å². The molecule has 0 fully saturated rings. The molecule has 2 heterocycles. The van der Waals surface area contributed by atoms with Crippen molar-refractivity contribution < 1.29 is 9.84 Å². The molecule has 0 unspecified atom stereocenters. The molecule has 0 amide bonds. The molecule has 2 aromatic rings. The Hall–Kier alpha value is -2.01. The van der Waals surface area contributed by atoms with Gasteiger partial charge < -0.3 is 14.7 Å². The molecule has 0 saturated heterocycles. The van der Waals surface area contributed by atoms with Crippen LogP contribution in [-0.4, -0.2) is 35.1 Å². The molecule has 1 N–H and O–H groups in total. The van der Waals surface area contributed by atoms with Crippen LogP contribution in [-0.2, 0) is 19.5 Å². The Bertz CT molecular complexity index is 679. The number of ether oxygens (including phenoxy) is 1. The first kappa shape index (κ1) is 14.9. The van der Waals surface area contributed by atoms with Gasteiger partial charge in [-0.15, -0.1) is 0 Å². The first-order valence-electron chi connectivity index (χ1n) is 7.69. The van der Waals surface area contributed by atoms with Gasteiger partial charge in [-0.3, -0.25) is 4.68 Å². The van der Waals surface area contributed by atoms with Gasteiger partial charge in [0.15, 0.2) is 0 Å². The highest BCUT2D eigenvalue weighted by molar-refractivity contribution is 5.60. The van der Waals surface area contributed by atoms with Gasteiger partial charge in [0.25, 0.3) is 0 Å². The highest BCUT2D eigenvalue weighted by Gasteiger charge is 2.22. The molecule has 1 aromatic carbocycles. The minimum absolute atomic E-state index is 0.119. The van der Waals surface area contributed by atoms with Crippen molar-refractivity contribution in [2.24, 2.45) is 0 Å². The lowest BCUT2D eigenvalue weighted by molar-refractivity contribution is 0.268. The van der Waals surface area contributed by atoms with Gasteiger partial charge in [-0.05, 0) is 44.0 Å². The maximum absolute atomic E-state index is 9.12. The third kappa shape index (κ3) is 2.57. The van der Waals surface area contributed by atoms with Crippen molar-refractivity contribution in [3.05, 3.63) is 40.7 Å². The van der Waals surface area contributed by atoms with E-state index >= 15 is 0 Å². The van der Waals surface area contributed by atoms with Crippen molar-refractivity contribution >= 4 is 5.69 Å². The third-order valence-electron chi connectivity index (χ3n) is 4.47. The Balaban J connectivity index is 1.84. The van der Waals surface area contributed by atoms with Crippen LogP contribution in [0.5, 0.6) is 5.75 Å². The average Bonchev–Trinajstić information content (AvgIpc) is 3.04. The number of aliphatic hydroxyl groups is 1. The molecule has 3 rings (SSSR count). The van der Waals surface area contributed by atoms with E-state index in [1.54, 1.807) is 7.11 Å². The first-order chi connectivity index (χ1) is 10.6. The topological polar surface area (TPSA) is 50.5 Å². The second-order valence-corrected chi connectivity index (χ2v) is 5.76. The number of nitrogens with zero attached hydrogens (tertiary/aromatic N) is 3. The Morgan fingerprint density at radius 1 is 1.32 bits per heavy atom. The van der Waals surface area contributed by atoms with Crippen molar-refractivity contribution in [2.45, 2.75) is 33.4 Å². The zero-order chi connectivity index (χ0) is 15.7. The molecule has 0 bridgehead atoms. The van der Waals surface area contributed by atoms with Crippen LogP contribution in [0.1, 0.15) is 22.5 Å². The molecule has 0 spiro atoms. The molecule has 1 aliphatic heterocycles. The molecule has 118 valence electrons. The molecule has 0 atom stereocenters. The number of aryl methyl sites for hydroxylation is 1. The second kappa shape index (κ2) is 6.01. The van der Waals surface area contributed by atoms with Crippen LogP contribution in [0.3, 0.4) is 0 Å². The summed E-state index contributed by atoms with van der Waals surface area (Å²) in [6.45, 7) is 6.68. The summed E-state index contributed by atoms with van der Waals surface area (Å²) < 4.78 is 7.20. The van der Waals surface area contributed by atoms with Gasteiger partial charge in [0, 0.05) is 30.0 Å².